The molecule has 0 spiro atoms. The third-order valence-corrected chi connectivity index (χ3v) is 2.42. The third kappa shape index (κ3) is 3.68. The number of rotatable bonds is 3. The first-order chi connectivity index (χ1) is 6.94. The molecule has 0 saturated carbocycles. The molecule has 0 bridgehead atoms. The summed E-state index contributed by atoms with van der Waals surface area (Å²) in [4.78, 5) is 11.4. The highest BCUT2D eigenvalue weighted by molar-refractivity contribution is 5.77. The van der Waals surface area contributed by atoms with E-state index in [-0.39, 0.29) is 18.4 Å². The van der Waals surface area contributed by atoms with E-state index in [0.29, 0.717) is 0 Å². The van der Waals surface area contributed by atoms with E-state index in [4.69, 9.17) is 4.74 Å². The average Bonchev–Trinajstić information content (AvgIpc) is 2.09. The molecular weight excluding hydrogens is 221 g/mol. The van der Waals surface area contributed by atoms with E-state index >= 15 is 0 Å². The second-order valence-electron chi connectivity index (χ2n) is 5.32. The van der Waals surface area contributed by atoms with Crippen molar-refractivity contribution in [3.05, 3.63) is 0 Å². The molecule has 0 aliphatic rings. The number of esters is 1. The molecule has 2 nitrogen and oxygen atoms in total. The molecule has 0 aliphatic carbocycles. The first-order valence-electron chi connectivity index (χ1n) is 5.18. The van der Waals surface area contributed by atoms with Crippen LogP contribution in [0.25, 0.3) is 0 Å². The molecule has 16 heavy (non-hydrogen) atoms. The van der Waals surface area contributed by atoms with Gasteiger partial charge < -0.3 is 4.74 Å². The van der Waals surface area contributed by atoms with Crippen LogP contribution in [-0.2, 0) is 9.53 Å². The molecule has 0 aromatic heterocycles. The van der Waals surface area contributed by atoms with Crippen molar-refractivity contribution in [2.24, 2.45) is 10.8 Å². The van der Waals surface area contributed by atoms with Crippen molar-refractivity contribution in [3.63, 3.8) is 0 Å². The fraction of sp³-hybridized carbons (Fsp3) is 0.909. The highest BCUT2D eigenvalue weighted by Gasteiger charge is 2.56. The third-order valence-electron chi connectivity index (χ3n) is 2.42. The van der Waals surface area contributed by atoms with Gasteiger partial charge in [0.25, 0.3) is 0 Å². The van der Waals surface area contributed by atoms with Gasteiger partial charge in [0, 0.05) is 0 Å². The molecule has 1 atom stereocenters. The zero-order valence-electron chi connectivity index (χ0n) is 10.4. The Hall–Kier alpha value is -0.740. The normalized spacial score (nSPS) is 16.8. The Morgan fingerprint density at radius 1 is 1.12 bits per heavy atom. The lowest BCUT2D eigenvalue weighted by Gasteiger charge is -2.30. The van der Waals surface area contributed by atoms with Gasteiger partial charge in [-0.15, -0.1) is 0 Å². The molecule has 5 heteroatoms. The Bertz CT molecular complexity index is 253. The molecule has 0 fully saturated rings. The quantitative estimate of drug-likeness (QED) is 0.705. The summed E-state index contributed by atoms with van der Waals surface area (Å²) in [5, 5.41) is 0. The maximum absolute atomic E-state index is 12.7. The molecule has 0 saturated heterocycles. The van der Waals surface area contributed by atoms with Crippen LogP contribution >= 0.6 is 0 Å². The minimum Gasteiger partial charge on any atom is -0.464 e. The number of alkyl halides is 3. The van der Waals surface area contributed by atoms with E-state index in [9.17, 15) is 18.0 Å². The fourth-order valence-electron chi connectivity index (χ4n) is 0.902. The van der Waals surface area contributed by atoms with Crippen LogP contribution in [0.4, 0.5) is 13.2 Å². The van der Waals surface area contributed by atoms with Crippen LogP contribution in [0.2, 0.25) is 0 Å². The van der Waals surface area contributed by atoms with Gasteiger partial charge in [-0.25, -0.2) is 0 Å². The van der Waals surface area contributed by atoms with Crippen molar-refractivity contribution >= 4 is 5.97 Å². The van der Waals surface area contributed by atoms with Crippen LogP contribution in [0, 0.1) is 10.8 Å². The van der Waals surface area contributed by atoms with E-state index in [0.717, 1.165) is 6.92 Å². The van der Waals surface area contributed by atoms with Crippen molar-refractivity contribution in [1.82, 2.24) is 0 Å². The molecule has 0 aromatic rings. The van der Waals surface area contributed by atoms with Crippen molar-refractivity contribution in [2.75, 3.05) is 6.61 Å². The molecule has 0 rings (SSSR count). The standard InChI is InChI=1S/C11H19F3O2/c1-6-10(5,11(12,13)14)8(15)16-7-9(2,3)4/h6-7H2,1-5H3. The zero-order valence-corrected chi connectivity index (χ0v) is 10.4. The number of carbonyl (C=O) groups is 1. The topological polar surface area (TPSA) is 26.3 Å². The molecule has 96 valence electrons. The maximum Gasteiger partial charge on any atom is 0.404 e. The van der Waals surface area contributed by atoms with Gasteiger partial charge in [-0.1, -0.05) is 27.7 Å². The maximum atomic E-state index is 12.7. The lowest BCUT2D eigenvalue weighted by molar-refractivity contribution is -0.231. The van der Waals surface area contributed by atoms with Gasteiger partial charge >= 0.3 is 12.1 Å². The SMILES string of the molecule is CCC(C)(C(=O)OCC(C)(C)C)C(F)(F)F. The summed E-state index contributed by atoms with van der Waals surface area (Å²) >= 11 is 0. The van der Waals surface area contributed by atoms with Gasteiger partial charge in [0.1, 0.15) is 0 Å². The Kier molecular flexibility index (Phi) is 4.42. The zero-order chi connectivity index (χ0) is 13.2. The highest BCUT2D eigenvalue weighted by atomic mass is 19.4. The van der Waals surface area contributed by atoms with Crippen LogP contribution in [0.3, 0.4) is 0 Å². The number of hydrogen-bond donors (Lipinski definition) is 0. The fourth-order valence-corrected chi connectivity index (χ4v) is 0.902. The average molecular weight is 240 g/mol. The van der Waals surface area contributed by atoms with Crippen molar-refractivity contribution in [1.29, 1.82) is 0 Å². The molecule has 0 N–H and O–H groups in total. The molecule has 0 heterocycles. The number of hydrogen-bond acceptors (Lipinski definition) is 2. The van der Waals surface area contributed by atoms with Gasteiger partial charge in [0.2, 0.25) is 0 Å². The largest absolute Gasteiger partial charge is 0.464 e. The van der Waals surface area contributed by atoms with Gasteiger partial charge in [0.15, 0.2) is 5.41 Å². The Balaban J connectivity index is 4.69. The van der Waals surface area contributed by atoms with Crippen LogP contribution in [-0.4, -0.2) is 18.8 Å². The van der Waals surface area contributed by atoms with E-state index < -0.39 is 17.6 Å². The van der Waals surface area contributed by atoms with Gasteiger partial charge in [-0.2, -0.15) is 13.2 Å². The first kappa shape index (κ1) is 15.3. The highest BCUT2D eigenvalue weighted by Crippen LogP contribution is 2.41. The van der Waals surface area contributed by atoms with E-state index in [1.165, 1.54) is 6.92 Å². The minimum atomic E-state index is -4.57. The summed E-state index contributed by atoms with van der Waals surface area (Å²) in [6.07, 6.45) is -4.89. The monoisotopic (exact) mass is 240 g/mol. The minimum absolute atomic E-state index is 0.0164. The lowest BCUT2D eigenvalue weighted by atomic mass is 9.87. The summed E-state index contributed by atoms with van der Waals surface area (Å²) in [7, 11) is 0. The predicted molar refractivity (Wildman–Crippen MR) is 54.9 cm³/mol. The van der Waals surface area contributed by atoms with Crippen LogP contribution < -0.4 is 0 Å². The first-order valence-corrected chi connectivity index (χ1v) is 5.18. The molecular formula is C11H19F3O2. The lowest BCUT2D eigenvalue weighted by Crippen LogP contribution is -2.43. The van der Waals surface area contributed by atoms with Crippen LogP contribution in [0.1, 0.15) is 41.0 Å². The van der Waals surface area contributed by atoms with Crippen molar-refractivity contribution in [3.8, 4) is 0 Å². The van der Waals surface area contributed by atoms with Crippen LogP contribution in [0.5, 0.6) is 0 Å². The smallest absolute Gasteiger partial charge is 0.404 e. The molecule has 0 amide bonds. The van der Waals surface area contributed by atoms with E-state index in [1.807, 2.05) is 0 Å². The summed E-state index contributed by atoms with van der Waals surface area (Å²) in [6, 6.07) is 0. The Morgan fingerprint density at radius 3 is 1.81 bits per heavy atom. The van der Waals surface area contributed by atoms with Gasteiger partial charge in [-0.3, -0.25) is 4.79 Å². The summed E-state index contributed by atoms with van der Waals surface area (Å²) in [5.41, 5.74) is -2.74. The predicted octanol–water partition coefficient (Wildman–Crippen LogP) is 3.55. The molecule has 0 radical (unpaired) electrons. The van der Waals surface area contributed by atoms with Gasteiger partial charge in [-0.05, 0) is 18.8 Å². The Morgan fingerprint density at radius 2 is 1.56 bits per heavy atom. The summed E-state index contributed by atoms with van der Waals surface area (Å²) in [6.45, 7) is 7.55. The second kappa shape index (κ2) is 4.63. The van der Waals surface area contributed by atoms with E-state index in [1.54, 1.807) is 20.8 Å². The summed E-state index contributed by atoms with van der Waals surface area (Å²) < 4.78 is 42.8. The number of carbonyl (C=O) groups excluding carboxylic acids is 1. The Labute approximate surface area is 94.2 Å². The number of ether oxygens (including phenoxy) is 1. The van der Waals surface area contributed by atoms with Crippen molar-refractivity contribution in [2.45, 2.75) is 47.2 Å². The second-order valence-corrected chi connectivity index (χ2v) is 5.32. The molecule has 0 aromatic carbocycles. The van der Waals surface area contributed by atoms with Gasteiger partial charge in [0.05, 0.1) is 6.61 Å². The molecule has 1 unspecified atom stereocenters. The van der Waals surface area contributed by atoms with E-state index in [2.05, 4.69) is 0 Å². The van der Waals surface area contributed by atoms with Crippen LogP contribution in [0.15, 0.2) is 0 Å². The number of halogens is 3. The summed E-state index contributed by atoms with van der Waals surface area (Å²) in [5.74, 6) is -1.20. The molecule has 0 aliphatic heterocycles. The van der Waals surface area contributed by atoms with Crippen molar-refractivity contribution < 1.29 is 22.7 Å².